The third kappa shape index (κ3) is 6.63. The average molecular weight is 515 g/mol. The van der Waals surface area contributed by atoms with E-state index in [4.69, 9.17) is 21.1 Å². The Morgan fingerprint density at radius 1 is 0.943 bits per heavy atom. The van der Waals surface area contributed by atoms with Gasteiger partial charge in [0.2, 0.25) is 10.0 Å². The van der Waals surface area contributed by atoms with E-state index in [1.807, 2.05) is 30.3 Å². The van der Waals surface area contributed by atoms with Gasteiger partial charge < -0.3 is 9.47 Å². The molecule has 35 heavy (non-hydrogen) atoms. The van der Waals surface area contributed by atoms with Crippen molar-refractivity contribution < 1.29 is 17.9 Å². The molecule has 3 aromatic rings. The summed E-state index contributed by atoms with van der Waals surface area (Å²) in [5.41, 5.74) is 3.37. The van der Waals surface area contributed by atoms with E-state index in [0.717, 1.165) is 11.1 Å². The van der Waals surface area contributed by atoms with Crippen molar-refractivity contribution in [1.82, 2.24) is 9.21 Å². The molecule has 0 unspecified atom stereocenters. The molecule has 4 rings (SSSR count). The molecule has 1 aliphatic heterocycles. The lowest BCUT2D eigenvalue weighted by Gasteiger charge is -2.36. The third-order valence-corrected chi connectivity index (χ3v) is 8.36. The molecule has 186 valence electrons. The number of ether oxygens (including phenoxy) is 2. The lowest BCUT2D eigenvalue weighted by Crippen LogP contribution is -2.49. The Balaban J connectivity index is 1.42. The Labute approximate surface area is 213 Å². The Kier molecular flexibility index (Phi) is 8.46. The van der Waals surface area contributed by atoms with Gasteiger partial charge in [-0.3, -0.25) is 4.90 Å². The van der Waals surface area contributed by atoms with Crippen LogP contribution in [-0.2, 0) is 21.4 Å². The molecule has 8 heteroatoms. The van der Waals surface area contributed by atoms with Crippen LogP contribution >= 0.6 is 11.6 Å². The molecule has 1 heterocycles. The van der Waals surface area contributed by atoms with E-state index < -0.39 is 10.0 Å². The van der Waals surface area contributed by atoms with Crippen molar-refractivity contribution in [2.75, 3.05) is 39.8 Å². The summed E-state index contributed by atoms with van der Waals surface area (Å²) in [6, 6.07) is 22.6. The predicted molar refractivity (Wildman–Crippen MR) is 138 cm³/mol. The van der Waals surface area contributed by atoms with E-state index in [2.05, 4.69) is 30.0 Å². The number of hydrogen-bond donors (Lipinski definition) is 0. The molecule has 1 fully saturated rings. The molecule has 0 saturated carbocycles. The Hall–Kier alpha value is -2.42. The summed E-state index contributed by atoms with van der Waals surface area (Å²) < 4.78 is 39.4. The van der Waals surface area contributed by atoms with Crippen LogP contribution in [0.15, 0.2) is 77.7 Å². The second kappa shape index (κ2) is 11.5. The van der Waals surface area contributed by atoms with Crippen molar-refractivity contribution >= 4 is 21.6 Å². The van der Waals surface area contributed by atoms with Gasteiger partial charge >= 0.3 is 0 Å². The number of nitrogens with zero attached hydrogens (tertiary/aromatic N) is 2. The molecule has 0 radical (unpaired) electrons. The summed E-state index contributed by atoms with van der Waals surface area (Å²) in [5.74, 6) is 0.529. The maximum absolute atomic E-state index is 13.1. The van der Waals surface area contributed by atoms with Gasteiger partial charge in [0, 0.05) is 43.8 Å². The molecule has 0 spiro atoms. The first-order valence-corrected chi connectivity index (χ1v) is 13.5. The van der Waals surface area contributed by atoms with Crippen molar-refractivity contribution in [2.24, 2.45) is 0 Å². The summed E-state index contributed by atoms with van der Waals surface area (Å²) in [6.07, 6.45) is -0.158. The fourth-order valence-corrected chi connectivity index (χ4v) is 5.81. The minimum Gasteiger partial charge on any atom is -0.497 e. The number of halogens is 1. The number of rotatable bonds is 9. The zero-order chi connectivity index (χ0) is 24.8. The number of methoxy groups -OCH3 is 1. The summed E-state index contributed by atoms with van der Waals surface area (Å²) in [5, 5.41) is 0.683. The smallest absolute Gasteiger partial charge is 0.243 e. The molecule has 0 amide bonds. The highest BCUT2D eigenvalue weighted by atomic mass is 35.5. The lowest BCUT2D eigenvalue weighted by molar-refractivity contribution is 0.00771. The lowest BCUT2D eigenvalue weighted by atomic mass is 10.1. The van der Waals surface area contributed by atoms with Crippen LogP contribution in [0.5, 0.6) is 5.75 Å². The van der Waals surface area contributed by atoms with Crippen molar-refractivity contribution in [3.63, 3.8) is 0 Å². The fourth-order valence-electron chi connectivity index (χ4n) is 4.23. The first kappa shape index (κ1) is 25.7. The van der Waals surface area contributed by atoms with E-state index >= 15 is 0 Å². The van der Waals surface area contributed by atoms with Gasteiger partial charge in [-0.15, -0.1) is 0 Å². The van der Waals surface area contributed by atoms with Gasteiger partial charge in [-0.2, -0.15) is 4.31 Å². The van der Waals surface area contributed by atoms with Crippen LogP contribution < -0.4 is 4.74 Å². The molecule has 6 nitrogen and oxygen atoms in total. The van der Waals surface area contributed by atoms with E-state index in [9.17, 15) is 8.42 Å². The number of piperazine rings is 1. The van der Waals surface area contributed by atoms with Crippen LogP contribution in [-0.4, -0.2) is 57.5 Å². The molecule has 1 aliphatic rings. The zero-order valence-corrected chi connectivity index (χ0v) is 21.6. The van der Waals surface area contributed by atoms with E-state index in [1.54, 1.807) is 28.6 Å². The number of sulfonamides is 1. The largest absolute Gasteiger partial charge is 0.497 e. The van der Waals surface area contributed by atoms with Crippen LogP contribution in [0.4, 0.5) is 0 Å². The van der Waals surface area contributed by atoms with E-state index in [1.165, 1.54) is 12.7 Å². The molecular formula is C27H31ClN2O4S. The van der Waals surface area contributed by atoms with Gasteiger partial charge in [-0.25, -0.2) is 8.42 Å². The van der Waals surface area contributed by atoms with Gasteiger partial charge in [-0.1, -0.05) is 59.6 Å². The Morgan fingerprint density at radius 3 is 2.34 bits per heavy atom. The Bertz CT molecular complexity index is 1230. The predicted octanol–water partition coefficient (Wildman–Crippen LogP) is 4.92. The summed E-state index contributed by atoms with van der Waals surface area (Å²) in [6.45, 7) is 5.33. The molecule has 1 atom stereocenters. The molecule has 0 N–H and O–H groups in total. The second-order valence-electron chi connectivity index (χ2n) is 8.72. The molecule has 0 aliphatic carbocycles. The van der Waals surface area contributed by atoms with Crippen LogP contribution in [0.3, 0.4) is 0 Å². The van der Waals surface area contributed by atoms with Gasteiger partial charge in [0.1, 0.15) is 5.75 Å². The molecule has 0 bridgehead atoms. The minimum atomic E-state index is -3.57. The normalized spacial score (nSPS) is 16.2. The highest BCUT2D eigenvalue weighted by Crippen LogP contribution is 2.25. The first-order valence-electron chi connectivity index (χ1n) is 11.6. The fraction of sp³-hybridized carbons (Fsp3) is 0.333. The topological polar surface area (TPSA) is 59.1 Å². The summed E-state index contributed by atoms with van der Waals surface area (Å²) in [4.78, 5) is 2.51. The highest BCUT2D eigenvalue weighted by Gasteiger charge is 2.30. The van der Waals surface area contributed by atoms with Crippen LogP contribution in [0.1, 0.15) is 22.8 Å². The molecular weight excluding hydrogens is 484 g/mol. The molecule has 1 saturated heterocycles. The van der Waals surface area contributed by atoms with Gasteiger partial charge in [0.05, 0.1) is 24.7 Å². The van der Waals surface area contributed by atoms with Crippen molar-refractivity contribution in [1.29, 1.82) is 0 Å². The standard InChI is InChI=1S/C27H31ClN2O4S/c1-21-5-3-6-22(17-21)20-34-27(23-9-11-24(28)12-10-23)19-29-13-15-30(16-14-29)35(31,32)26-8-4-7-25(18-26)33-2/h3-12,17-18,27H,13-16,19-20H2,1-2H3/t27-/m1/s1. The van der Waals surface area contributed by atoms with Crippen molar-refractivity contribution in [3.8, 4) is 5.75 Å². The summed E-state index contributed by atoms with van der Waals surface area (Å²) >= 11 is 6.11. The van der Waals surface area contributed by atoms with Crippen LogP contribution in [0.25, 0.3) is 0 Å². The third-order valence-electron chi connectivity index (χ3n) is 6.21. The molecule has 0 aromatic heterocycles. The van der Waals surface area contributed by atoms with E-state index in [0.29, 0.717) is 50.1 Å². The van der Waals surface area contributed by atoms with E-state index in [-0.39, 0.29) is 11.0 Å². The quantitative estimate of drug-likeness (QED) is 0.405. The molecule has 3 aromatic carbocycles. The average Bonchev–Trinajstić information content (AvgIpc) is 2.87. The summed E-state index contributed by atoms with van der Waals surface area (Å²) in [7, 11) is -2.04. The first-order chi connectivity index (χ1) is 16.8. The number of aryl methyl sites for hydroxylation is 1. The second-order valence-corrected chi connectivity index (χ2v) is 11.1. The van der Waals surface area contributed by atoms with Gasteiger partial charge in [-0.05, 0) is 42.3 Å². The van der Waals surface area contributed by atoms with Crippen LogP contribution in [0.2, 0.25) is 5.02 Å². The van der Waals surface area contributed by atoms with Gasteiger partial charge in [0.25, 0.3) is 0 Å². The number of hydrogen-bond acceptors (Lipinski definition) is 5. The van der Waals surface area contributed by atoms with Gasteiger partial charge in [0.15, 0.2) is 0 Å². The minimum absolute atomic E-state index is 0.158. The maximum Gasteiger partial charge on any atom is 0.243 e. The van der Waals surface area contributed by atoms with Crippen LogP contribution in [0, 0.1) is 6.92 Å². The number of benzene rings is 3. The SMILES string of the molecule is COc1cccc(S(=O)(=O)N2CCN(C[C@@H](OCc3cccc(C)c3)c3ccc(Cl)cc3)CC2)c1. The highest BCUT2D eigenvalue weighted by molar-refractivity contribution is 7.89. The van der Waals surface area contributed by atoms with Crippen molar-refractivity contribution in [3.05, 3.63) is 94.5 Å². The Morgan fingerprint density at radius 2 is 1.66 bits per heavy atom. The maximum atomic E-state index is 13.1. The van der Waals surface area contributed by atoms with Crippen molar-refractivity contribution in [2.45, 2.75) is 24.5 Å². The monoisotopic (exact) mass is 514 g/mol. The zero-order valence-electron chi connectivity index (χ0n) is 20.1.